The van der Waals surface area contributed by atoms with Crippen molar-refractivity contribution in [3.63, 3.8) is 0 Å². The van der Waals surface area contributed by atoms with Gasteiger partial charge >= 0.3 is 10.1 Å². The molecule has 20 heavy (non-hydrogen) atoms. The van der Waals surface area contributed by atoms with E-state index in [9.17, 15) is 12.8 Å². The SMILES string of the molecule is COc1cccc(OS(=O)(=O)Cc2cccc(F)c2)c1. The predicted molar refractivity (Wildman–Crippen MR) is 72.6 cm³/mol. The molecule has 0 N–H and O–H groups in total. The Balaban J connectivity index is 2.14. The Morgan fingerprint density at radius 1 is 1.05 bits per heavy atom. The third kappa shape index (κ3) is 3.96. The topological polar surface area (TPSA) is 52.6 Å². The second-order valence-electron chi connectivity index (χ2n) is 4.09. The van der Waals surface area contributed by atoms with Crippen LogP contribution in [0.4, 0.5) is 4.39 Å². The Morgan fingerprint density at radius 3 is 2.45 bits per heavy atom. The van der Waals surface area contributed by atoms with E-state index in [0.29, 0.717) is 11.3 Å². The van der Waals surface area contributed by atoms with Gasteiger partial charge in [-0.25, -0.2) is 4.39 Å². The summed E-state index contributed by atoms with van der Waals surface area (Å²) in [6.07, 6.45) is 0. The van der Waals surface area contributed by atoms with Crippen LogP contribution in [0.25, 0.3) is 0 Å². The normalized spacial score (nSPS) is 11.1. The van der Waals surface area contributed by atoms with Crippen molar-refractivity contribution in [3.8, 4) is 11.5 Å². The third-order valence-electron chi connectivity index (χ3n) is 2.50. The maximum atomic E-state index is 13.0. The van der Waals surface area contributed by atoms with Crippen molar-refractivity contribution in [2.24, 2.45) is 0 Å². The summed E-state index contributed by atoms with van der Waals surface area (Å²) in [4.78, 5) is 0. The van der Waals surface area contributed by atoms with E-state index < -0.39 is 21.7 Å². The molecule has 0 atom stereocenters. The van der Waals surface area contributed by atoms with Gasteiger partial charge in [0.05, 0.1) is 7.11 Å². The Hall–Kier alpha value is -2.08. The molecule has 0 amide bonds. The molecule has 0 unspecified atom stereocenters. The van der Waals surface area contributed by atoms with Crippen LogP contribution in [0.3, 0.4) is 0 Å². The summed E-state index contributed by atoms with van der Waals surface area (Å²) in [6, 6.07) is 11.6. The smallest absolute Gasteiger partial charge is 0.313 e. The molecule has 106 valence electrons. The highest BCUT2D eigenvalue weighted by Gasteiger charge is 2.15. The molecular weight excluding hydrogens is 283 g/mol. The van der Waals surface area contributed by atoms with Crippen molar-refractivity contribution in [1.82, 2.24) is 0 Å². The average Bonchev–Trinajstić information content (AvgIpc) is 2.37. The standard InChI is InChI=1S/C14H13FO4S/c1-18-13-6-3-7-14(9-13)19-20(16,17)10-11-4-2-5-12(15)8-11/h2-9H,10H2,1H3. The van der Waals surface area contributed by atoms with Crippen molar-refractivity contribution >= 4 is 10.1 Å². The summed E-state index contributed by atoms with van der Waals surface area (Å²) in [5.74, 6) is -0.245. The fourth-order valence-electron chi connectivity index (χ4n) is 1.66. The lowest BCUT2D eigenvalue weighted by Gasteiger charge is -2.08. The summed E-state index contributed by atoms with van der Waals surface area (Å²) in [6.45, 7) is 0. The maximum Gasteiger partial charge on any atom is 0.313 e. The molecule has 2 aromatic rings. The zero-order chi connectivity index (χ0) is 14.6. The van der Waals surface area contributed by atoms with Crippen molar-refractivity contribution < 1.29 is 21.7 Å². The zero-order valence-electron chi connectivity index (χ0n) is 10.7. The fourth-order valence-corrected chi connectivity index (χ4v) is 2.70. The van der Waals surface area contributed by atoms with E-state index in [0.717, 1.165) is 6.07 Å². The molecule has 2 aromatic carbocycles. The molecule has 0 heterocycles. The molecule has 0 radical (unpaired) electrons. The molecule has 0 spiro atoms. The van der Waals surface area contributed by atoms with Crippen LogP contribution in [0.1, 0.15) is 5.56 Å². The Labute approximate surface area is 116 Å². The highest BCUT2D eigenvalue weighted by atomic mass is 32.2. The van der Waals surface area contributed by atoms with Gasteiger partial charge in [-0.05, 0) is 29.8 Å². The van der Waals surface area contributed by atoms with Gasteiger partial charge in [-0.3, -0.25) is 0 Å². The minimum absolute atomic E-state index is 0.153. The molecule has 0 aliphatic heterocycles. The van der Waals surface area contributed by atoms with Crippen molar-refractivity contribution in [3.05, 3.63) is 59.9 Å². The van der Waals surface area contributed by atoms with Gasteiger partial charge in [0.25, 0.3) is 0 Å². The van der Waals surface area contributed by atoms with Gasteiger partial charge in [0.2, 0.25) is 0 Å². The van der Waals surface area contributed by atoms with Crippen LogP contribution in [-0.2, 0) is 15.9 Å². The molecule has 0 bridgehead atoms. The van der Waals surface area contributed by atoms with Crippen LogP contribution in [0, 0.1) is 5.82 Å². The van der Waals surface area contributed by atoms with Gasteiger partial charge in [0.15, 0.2) is 0 Å². The van der Waals surface area contributed by atoms with E-state index in [-0.39, 0.29) is 5.75 Å². The van der Waals surface area contributed by atoms with Crippen LogP contribution in [0.15, 0.2) is 48.5 Å². The van der Waals surface area contributed by atoms with Gasteiger partial charge in [0, 0.05) is 6.07 Å². The molecular formula is C14H13FO4S. The minimum atomic E-state index is -3.85. The number of benzene rings is 2. The van der Waals surface area contributed by atoms with E-state index in [2.05, 4.69) is 0 Å². The van der Waals surface area contributed by atoms with Crippen LogP contribution < -0.4 is 8.92 Å². The second kappa shape index (κ2) is 5.92. The lowest BCUT2D eigenvalue weighted by Crippen LogP contribution is -2.12. The number of ether oxygens (including phenoxy) is 1. The maximum absolute atomic E-state index is 13.0. The molecule has 0 aliphatic rings. The number of rotatable bonds is 5. The second-order valence-corrected chi connectivity index (χ2v) is 5.66. The van der Waals surface area contributed by atoms with E-state index in [1.54, 1.807) is 12.1 Å². The predicted octanol–water partition coefficient (Wildman–Crippen LogP) is 2.74. The summed E-state index contributed by atoms with van der Waals surface area (Å²) in [7, 11) is -2.38. The molecule has 0 aliphatic carbocycles. The quantitative estimate of drug-likeness (QED) is 0.796. The van der Waals surface area contributed by atoms with Gasteiger partial charge in [0.1, 0.15) is 23.1 Å². The average molecular weight is 296 g/mol. The van der Waals surface area contributed by atoms with Crippen LogP contribution in [0.2, 0.25) is 0 Å². The van der Waals surface area contributed by atoms with Gasteiger partial charge in [-0.2, -0.15) is 8.42 Å². The molecule has 6 heteroatoms. The number of hydrogen-bond acceptors (Lipinski definition) is 4. The largest absolute Gasteiger partial charge is 0.497 e. The first-order valence-corrected chi connectivity index (χ1v) is 7.37. The van der Waals surface area contributed by atoms with Crippen molar-refractivity contribution in [1.29, 1.82) is 0 Å². The highest BCUT2D eigenvalue weighted by molar-refractivity contribution is 7.86. The number of hydrogen-bond donors (Lipinski definition) is 0. The van der Waals surface area contributed by atoms with Crippen LogP contribution in [0.5, 0.6) is 11.5 Å². The molecule has 0 aromatic heterocycles. The summed E-state index contributed by atoms with van der Waals surface area (Å²) in [5, 5.41) is 0. The van der Waals surface area contributed by atoms with Gasteiger partial charge in [-0.15, -0.1) is 0 Å². The first kappa shape index (κ1) is 14.3. The summed E-state index contributed by atoms with van der Waals surface area (Å²) in [5.41, 5.74) is 0.327. The Kier molecular flexibility index (Phi) is 4.24. The van der Waals surface area contributed by atoms with Gasteiger partial charge < -0.3 is 8.92 Å². The third-order valence-corrected chi connectivity index (χ3v) is 3.63. The minimum Gasteiger partial charge on any atom is -0.497 e. The van der Waals surface area contributed by atoms with Crippen LogP contribution in [-0.4, -0.2) is 15.5 Å². The highest BCUT2D eigenvalue weighted by Crippen LogP contribution is 2.21. The van der Waals surface area contributed by atoms with Crippen molar-refractivity contribution in [2.75, 3.05) is 7.11 Å². The fraction of sp³-hybridized carbons (Fsp3) is 0.143. The van der Waals surface area contributed by atoms with Crippen LogP contribution >= 0.6 is 0 Å². The molecule has 2 rings (SSSR count). The Bertz CT molecular complexity index is 698. The number of methoxy groups -OCH3 is 1. The molecule has 4 nitrogen and oxygen atoms in total. The monoisotopic (exact) mass is 296 g/mol. The summed E-state index contributed by atoms with van der Waals surface area (Å²) < 4.78 is 46.7. The van der Waals surface area contributed by atoms with E-state index in [1.165, 1.54) is 37.4 Å². The van der Waals surface area contributed by atoms with Crippen molar-refractivity contribution in [2.45, 2.75) is 5.75 Å². The Morgan fingerprint density at radius 2 is 1.75 bits per heavy atom. The first-order valence-electron chi connectivity index (χ1n) is 5.79. The number of halogens is 1. The van der Waals surface area contributed by atoms with E-state index in [1.807, 2.05) is 0 Å². The van der Waals surface area contributed by atoms with Gasteiger partial charge in [-0.1, -0.05) is 18.2 Å². The molecule has 0 fully saturated rings. The molecule has 0 saturated heterocycles. The first-order chi connectivity index (χ1) is 9.48. The van der Waals surface area contributed by atoms with E-state index >= 15 is 0 Å². The van der Waals surface area contributed by atoms with E-state index in [4.69, 9.17) is 8.92 Å². The lowest BCUT2D eigenvalue weighted by molar-refractivity contribution is 0.411. The lowest BCUT2D eigenvalue weighted by atomic mass is 10.2. The summed E-state index contributed by atoms with van der Waals surface area (Å²) >= 11 is 0. The molecule has 0 saturated carbocycles. The zero-order valence-corrected chi connectivity index (χ0v) is 11.6.